The van der Waals surface area contributed by atoms with Gasteiger partial charge in [0, 0.05) is 13.1 Å². The van der Waals surface area contributed by atoms with Crippen LogP contribution < -0.4 is 0 Å². The van der Waals surface area contributed by atoms with Crippen LogP contribution in [0.5, 0.6) is 0 Å². The van der Waals surface area contributed by atoms with E-state index in [1.807, 2.05) is 0 Å². The minimum atomic E-state index is 0.452. The lowest BCUT2D eigenvalue weighted by molar-refractivity contribution is 0.153. The predicted octanol–water partition coefficient (Wildman–Crippen LogP) is 2.20. The molecule has 0 radical (unpaired) electrons. The molecule has 0 aromatic heterocycles. The summed E-state index contributed by atoms with van der Waals surface area (Å²) in [4.78, 5) is 4.24. The molecular weight excluding hydrogens is 212 g/mol. The summed E-state index contributed by atoms with van der Waals surface area (Å²) in [5, 5.41) is 17.6. The number of hydrogen-bond acceptors (Lipinski definition) is 4. The molecule has 0 aliphatic heterocycles. The third-order valence-electron chi connectivity index (χ3n) is 2.64. The van der Waals surface area contributed by atoms with Crippen LogP contribution >= 0.6 is 0 Å². The average molecular weight is 236 g/mol. The van der Waals surface area contributed by atoms with E-state index in [1.54, 1.807) is 0 Å². The van der Waals surface area contributed by atoms with Crippen LogP contribution in [0.25, 0.3) is 0 Å². The molecule has 0 amide bonds. The highest BCUT2D eigenvalue weighted by Gasteiger charge is 2.10. The molecule has 0 bridgehead atoms. The quantitative estimate of drug-likeness (QED) is 0.431. The molecule has 0 unspecified atom stereocenters. The number of rotatable bonds is 10. The van der Waals surface area contributed by atoms with E-state index in [2.05, 4.69) is 35.8 Å². The molecule has 0 atom stereocenters. The lowest BCUT2D eigenvalue weighted by atomic mass is 10.3. The first-order valence-corrected chi connectivity index (χ1v) is 6.47. The van der Waals surface area contributed by atoms with Gasteiger partial charge in [-0.25, -0.2) is 0 Å². The van der Waals surface area contributed by atoms with Crippen molar-refractivity contribution in [1.29, 1.82) is 10.5 Å². The van der Waals surface area contributed by atoms with Crippen LogP contribution in [-0.2, 0) is 0 Å². The van der Waals surface area contributed by atoms with Gasteiger partial charge in [-0.3, -0.25) is 9.80 Å². The summed E-state index contributed by atoms with van der Waals surface area (Å²) in [6.07, 6.45) is 4.48. The van der Waals surface area contributed by atoms with Crippen LogP contribution in [0.15, 0.2) is 0 Å². The topological polar surface area (TPSA) is 54.1 Å². The van der Waals surface area contributed by atoms with Gasteiger partial charge >= 0.3 is 0 Å². The minimum absolute atomic E-state index is 0.452. The number of nitrogens with zero attached hydrogens (tertiary/aromatic N) is 4. The summed E-state index contributed by atoms with van der Waals surface area (Å²) < 4.78 is 0. The molecule has 96 valence electrons. The van der Waals surface area contributed by atoms with Gasteiger partial charge < -0.3 is 0 Å². The summed E-state index contributed by atoms with van der Waals surface area (Å²) in [7, 11) is 0. The first-order valence-electron chi connectivity index (χ1n) is 6.47. The van der Waals surface area contributed by atoms with E-state index in [0.717, 1.165) is 45.4 Å². The molecule has 17 heavy (non-hydrogen) atoms. The Bertz CT molecular complexity index is 225. The van der Waals surface area contributed by atoms with Gasteiger partial charge in [0.15, 0.2) is 0 Å². The van der Waals surface area contributed by atoms with Gasteiger partial charge in [0.25, 0.3) is 0 Å². The van der Waals surface area contributed by atoms with E-state index in [1.165, 1.54) is 0 Å². The Balaban J connectivity index is 4.14. The van der Waals surface area contributed by atoms with Crippen LogP contribution in [0.1, 0.15) is 39.5 Å². The maximum Gasteiger partial charge on any atom is 0.0876 e. The van der Waals surface area contributed by atoms with Gasteiger partial charge in [-0.15, -0.1) is 0 Å². The van der Waals surface area contributed by atoms with Crippen molar-refractivity contribution in [2.24, 2.45) is 0 Å². The smallest absolute Gasteiger partial charge is 0.0876 e. The normalized spacial score (nSPS) is 10.5. The molecule has 0 fully saturated rings. The highest BCUT2D eigenvalue weighted by Crippen LogP contribution is 2.00. The number of nitriles is 2. The summed E-state index contributed by atoms with van der Waals surface area (Å²) in [5.74, 6) is 0. The van der Waals surface area contributed by atoms with Gasteiger partial charge in [0.05, 0.1) is 31.9 Å². The average Bonchev–Trinajstić information content (AvgIpc) is 2.33. The fourth-order valence-electron chi connectivity index (χ4n) is 1.65. The van der Waals surface area contributed by atoms with Crippen molar-refractivity contribution < 1.29 is 0 Å². The monoisotopic (exact) mass is 236 g/mol. The van der Waals surface area contributed by atoms with Gasteiger partial charge in [-0.2, -0.15) is 10.5 Å². The molecule has 0 aromatic carbocycles. The predicted molar refractivity (Wildman–Crippen MR) is 69.1 cm³/mol. The second kappa shape index (κ2) is 11.4. The van der Waals surface area contributed by atoms with Crippen molar-refractivity contribution >= 4 is 0 Å². The van der Waals surface area contributed by atoms with Crippen LogP contribution in [-0.4, -0.2) is 42.6 Å². The summed E-state index contributed by atoms with van der Waals surface area (Å²) in [6.45, 7) is 7.82. The zero-order valence-corrected chi connectivity index (χ0v) is 11.2. The highest BCUT2D eigenvalue weighted by molar-refractivity contribution is 4.80. The molecule has 0 aromatic rings. The van der Waals surface area contributed by atoms with Gasteiger partial charge in [0.1, 0.15) is 0 Å². The summed E-state index contributed by atoms with van der Waals surface area (Å²) in [6, 6.07) is 4.39. The molecule has 0 N–H and O–H groups in total. The molecule has 0 saturated heterocycles. The summed E-state index contributed by atoms with van der Waals surface area (Å²) >= 11 is 0. The third kappa shape index (κ3) is 8.68. The Morgan fingerprint density at radius 2 is 1.24 bits per heavy atom. The SMILES string of the molecule is CCCCN(CC#N)CN(CC#N)CCCC. The van der Waals surface area contributed by atoms with Crippen LogP contribution in [0.2, 0.25) is 0 Å². The zero-order chi connectivity index (χ0) is 12.9. The van der Waals surface area contributed by atoms with Crippen LogP contribution in [0, 0.1) is 22.7 Å². The Kier molecular flexibility index (Phi) is 10.7. The van der Waals surface area contributed by atoms with Crippen molar-refractivity contribution in [1.82, 2.24) is 9.80 Å². The highest BCUT2D eigenvalue weighted by atomic mass is 15.3. The van der Waals surface area contributed by atoms with Crippen LogP contribution in [0.3, 0.4) is 0 Å². The fraction of sp³-hybridized carbons (Fsp3) is 0.846. The maximum atomic E-state index is 8.78. The molecule has 4 heteroatoms. The largest absolute Gasteiger partial charge is 0.277 e. The van der Waals surface area contributed by atoms with E-state index < -0.39 is 0 Å². The standard InChI is InChI=1S/C13H24N4/c1-3-5-9-16(11-7-14)13-17(12-8-15)10-6-4-2/h3-6,9-13H2,1-2H3. The second-order valence-corrected chi connectivity index (χ2v) is 4.27. The van der Waals surface area contributed by atoms with Gasteiger partial charge in [0.2, 0.25) is 0 Å². The first kappa shape index (κ1) is 15.9. The molecule has 0 spiro atoms. The zero-order valence-electron chi connectivity index (χ0n) is 11.2. The van der Waals surface area contributed by atoms with E-state index in [0.29, 0.717) is 13.1 Å². The van der Waals surface area contributed by atoms with E-state index >= 15 is 0 Å². The second-order valence-electron chi connectivity index (χ2n) is 4.27. The van der Waals surface area contributed by atoms with Gasteiger partial charge in [-0.1, -0.05) is 26.7 Å². The summed E-state index contributed by atoms with van der Waals surface area (Å²) in [5.41, 5.74) is 0. The minimum Gasteiger partial charge on any atom is -0.277 e. The maximum absolute atomic E-state index is 8.78. The molecule has 0 heterocycles. The molecule has 0 aliphatic carbocycles. The van der Waals surface area contributed by atoms with Gasteiger partial charge in [-0.05, 0) is 12.8 Å². The van der Waals surface area contributed by atoms with Crippen molar-refractivity contribution in [3.63, 3.8) is 0 Å². The number of unbranched alkanes of at least 4 members (excludes halogenated alkanes) is 2. The molecule has 0 aliphatic rings. The van der Waals surface area contributed by atoms with Crippen LogP contribution in [0.4, 0.5) is 0 Å². The Morgan fingerprint density at radius 1 is 0.824 bits per heavy atom. The molecule has 0 rings (SSSR count). The molecule has 0 saturated carbocycles. The Hall–Kier alpha value is -1.10. The van der Waals surface area contributed by atoms with E-state index in [-0.39, 0.29) is 0 Å². The van der Waals surface area contributed by atoms with E-state index in [4.69, 9.17) is 10.5 Å². The van der Waals surface area contributed by atoms with Crippen molar-refractivity contribution in [3.05, 3.63) is 0 Å². The van der Waals surface area contributed by atoms with Crippen molar-refractivity contribution in [3.8, 4) is 12.1 Å². The molecule has 4 nitrogen and oxygen atoms in total. The molecular formula is C13H24N4. The Morgan fingerprint density at radius 3 is 1.53 bits per heavy atom. The lowest BCUT2D eigenvalue weighted by Gasteiger charge is -2.27. The van der Waals surface area contributed by atoms with E-state index in [9.17, 15) is 0 Å². The first-order chi connectivity index (χ1) is 8.28. The number of hydrogen-bond donors (Lipinski definition) is 0. The van der Waals surface area contributed by atoms with Crippen molar-refractivity contribution in [2.75, 3.05) is 32.8 Å². The third-order valence-corrected chi connectivity index (χ3v) is 2.64. The Labute approximate surface area is 105 Å². The van der Waals surface area contributed by atoms with Crippen molar-refractivity contribution in [2.45, 2.75) is 39.5 Å². The lowest BCUT2D eigenvalue weighted by Crippen LogP contribution is -2.39. The fourth-order valence-corrected chi connectivity index (χ4v) is 1.65.